The highest BCUT2D eigenvalue weighted by molar-refractivity contribution is 5.90. The molecule has 4 atom stereocenters. The zero-order chi connectivity index (χ0) is 26.8. The minimum absolute atomic E-state index is 0.327. The number of halogens is 2. The third kappa shape index (κ3) is 4.94. The summed E-state index contributed by atoms with van der Waals surface area (Å²) >= 11 is 0. The average Bonchev–Trinajstić information content (AvgIpc) is 2.93. The Morgan fingerprint density at radius 2 is 1.13 bits per heavy atom. The minimum Gasteiger partial charge on any atom is -0.454 e. The van der Waals surface area contributed by atoms with Gasteiger partial charge in [0.05, 0.1) is 17.0 Å². The fourth-order valence-corrected chi connectivity index (χ4v) is 5.18. The van der Waals surface area contributed by atoms with Crippen LogP contribution in [0, 0.1) is 18.6 Å². The summed E-state index contributed by atoms with van der Waals surface area (Å²) in [6.45, 7) is 3.64. The van der Waals surface area contributed by atoms with Gasteiger partial charge in [-0.2, -0.15) is 0 Å². The maximum absolute atomic E-state index is 14.5. The molecule has 6 heteroatoms. The lowest BCUT2D eigenvalue weighted by molar-refractivity contribution is -0.0533. The van der Waals surface area contributed by atoms with E-state index < -0.39 is 47.6 Å². The minimum atomic E-state index is -1.01. The summed E-state index contributed by atoms with van der Waals surface area (Å²) in [5.41, 5.74) is 3.28. The van der Waals surface area contributed by atoms with Gasteiger partial charge in [0.15, 0.2) is 6.10 Å². The van der Waals surface area contributed by atoms with Crippen LogP contribution in [0.1, 0.15) is 61.7 Å². The predicted octanol–water partition coefficient (Wildman–Crippen LogP) is 6.97. The third-order valence-electron chi connectivity index (χ3n) is 7.10. The smallest absolute Gasteiger partial charge is 0.338 e. The van der Waals surface area contributed by atoms with Crippen molar-refractivity contribution in [2.45, 2.75) is 37.9 Å². The average molecular weight is 513 g/mol. The zero-order valence-electron chi connectivity index (χ0n) is 20.9. The second-order valence-electron chi connectivity index (χ2n) is 9.51. The molecular formula is C32H26F2O4. The Kier molecular flexibility index (Phi) is 7.05. The molecule has 0 spiro atoms. The molecule has 0 saturated heterocycles. The molecular weight excluding hydrogens is 486 g/mol. The molecule has 0 bridgehead atoms. The number of carbonyl (C=O) groups excluding carboxylic acids is 2. The van der Waals surface area contributed by atoms with Gasteiger partial charge in [-0.1, -0.05) is 55.5 Å². The molecule has 0 amide bonds. The number of fused-ring (bicyclic) bond motifs is 1. The molecule has 0 N–H and O–H groups in total. The molecule has 38 heavy (non-hydrogen) atoms. The summed E-state index contributed by atoms with van der Waals surface area (Å²) in [4.78, 5) is 26.5. The van der Waals surface area contributed by atoms with Crippen LogP contribution >= 0.6 is 0 Å². The molecule has 0 radical (unpaired) electrons. The van der Waals surface area contributed by atoms with E-state index in [-0.39, 0.29) is 0 Å². The number of esters is 2. The van der Waals surface area contributed by atoms with Gasteiger partial charge in [0, 0.05) is 5.92 Å². The van der Waals surface area contributed by atoms with E-state index in [1.165, 1.54) is 24.3 Å². The van der Waals surface area contributed by atoms with E-state index in [1.807, 2.05) is 6.92 Å². The molecule has 1 aliphatic rings. The summed E-state index contributed by atoms with van der Waals surface area (Å²) in [7, 11) is 0. The number of ether oxygens (including phenoxy) is 2. The second kappa shape index (κ2) is 10.6. The first kappa shape index (κ1) is 25.3. The van der Waals surface area contributed by atoms with Crippen molar-refractivity contribution in [3.63, 3.8) is 0 Å². The molecule has 4 aromatic rings. The van der Waals surface area contributed by atoms with Crippen molar-refractivity contribution in [3.8, 4) is 0 Å². The lowest BCUT2D eigenvalue weighted by Crippen LogP contribution is -2.47. The zero-order valence-corrected chi connectivity index (χ0v) is 20.9. The van der Waals surface area contributed by atoms with Crippen molar-refractivity contribution in [2.24, 2.45) is 0 Å². The number of hydrogen-bond donors (Lipinski definition) is 0. The quantitative estimate of drug-likeness (QED) is 0.271. The van der Waals surface area contributed by atoms with Gasteiger partial charge in [-0.15, -0.1) is 0 Å². The van der Waals surface area contributed by atoms with E-state index in [9.17, 15) is 18.4 Å². The number of aryl methyl sites for hydroxylation is 1. The van der Waals surface area contributed by atoms with Gasteiger partial charge in [-0.25, -0.2) is 18.4 Å². The highest BCUT2D eigenvalue weighted by Gasteiger charge is 2.47. The van der Waals surface area contributed by atoms with E-state index in [0.29, 0.717) is 27.8 Å². The van der Waals surface area contributed by atoms with Gasteiger partial charge in [-0.05, 0) is 77.7 Å². The highest BCUT2D eigenvalue weighted by atomic mass is 19.1. The van der Waals surface area contributed by atoms with Crippen molar-refractivity contribution < 1.29 is 27.8 Å². The Morgan fingerprint density at radius 1 is 0.632 bits per heavy atom. The van der Waals surface area contributed by atoms with Crippen molar-refractivity contribution >= 4 is 11.9 Å². The van der Waals surface area contributed by atoms with Crippen LogP contribution in [0.3, 0.4) is 0 Å². The van der Waals surface area contributed by atoms with Gasteiger partial charge in [0.25, 0.3) is 0 Å². The summed E-state index contributed by atoms with van der Waals surface area (Å²) in [6, 6.07) is 25.7. The number of carbonyl (C=O) groups is 2. The lowest BCUT2D eigenvalue weighted by atomic mass is 9.70. The normalized spacial score (nSPS) is 20.3. The van der Waals surface area contributed by atoms with Crippen LogP contribution < -0.4 is 0 Å². The van der Waals surface area contributed by atoms with Gasteiger partial charge in [0.2, 0.25) is 0 Å². The first-order valence-corrected chi connectivity index (χ1v) is 12.4. The maximum atomic E-state index is 14.5. The molecule has 0 heterocycles. The van der Waals surface area contributed by atoms with Crippen LogP contribution in [0.4, 0.5) is 8.78 Å². The predicted molar refractivity (Wildman–Crippen MR) is 139 cm³/mol. The van der Waals surface area contributed by atoms with E-state index in [2.05, 4.69) is 0 Å². The highest BCUT2D eigenvalue weighted by Crippen LogP contribution is 2.46. The molecule has 1 aliphatic carbocycles. The summed E-state index contributed by atoms with van der Waals surface area (Å²) in [6.07, 6.45) is -1.99. The summed E-state index contributed by atoms with van der Waals surface area (Å²) in [5.74, 6) is -3.34. The Bertz CT molecular complexity index is 1470. The van der Waals surface area contributed by atoms with Gasteiger partial charge in [0.1, 0.15) is 17.7 Å². The van der Waals surface area contributed by atoms with Crippen molar-refractivity contribution in [3.05, 3.63) is 142 Å². The molecule has 0 aromatic heterocycles. The maximum Gasteiger partial charge on any atom is 0.338 e. The van der Waals surface area contributed by atoms with Gasteiger partial charge >= 0.3 is 11.9 Å². The Labute approximate surface area is 219 Å². The van der Waals surface area contributed by atoms with Crippen molar-refractivity contribution in [1.29, 1.82) is 0 Å². The fourth-order valence-electron chi connectivity index (χ4n) is 5.18. The van der Waals surface area contributed by atoms with Crippen LogP contribution in [0.15, 0.2) is 97.1 Å². The molecule has 0 fully saturated rings. The van der Waals surface area contributed by atoms with Crippen molar-refractivity contribution in [2.75, 3.05) is 0 Å². The Morgan fingerprint density at radius 3 is 1.71 bits per heavy atom. The third-order valence-corrected chi connectivity index (χ3v) is 7.10. The molecule has 5 rings (SSSR count). The van der Waals surface area contributed by atoms with Crippen molar-refractivity contribution in [1.82, 2.24) is 0 Å². The van der Waals surface area contributed by atoms with Crippen LogP contribution in [0.25, 0.3) is 0 Å². The molecule has 3 unspecified atom stereocenters. The van der Waals surface area contributed by atoms with Gasteiger partial charge in [-0.3, -0.25) is 0 Å². The Hall–Kier alpha value is -4.32. The van der Waals surface area contributed by atoms with Crippen LogP contribution in [0.5, 0.6) is 0 Å². The number of rotatable bonds is 5. The SMILES string of the molecule is Cc1ccc(F)cc1[C@H]1c2ccc(F)cc2C(C)C(OC(=O)c2ccccc2)C1OC(=O)c1ccccc1. The van der Waals surface area contributed by atoms with E-state index in [0.717, 1.165) is 5.56 Å². The summed E-state index contributed by atoms with van der Waals surface area (Å²) in [5, 5.41) is 0. The molecule has 4 nitrogen and oxygen atoms in total. The summed E-state index contributed by atoms with van der Waals surface area (Å²) < 4.78 is 41.2. The van der Waals surface area contributed by atoms with Crippen LogP contribution in [0.2, 0.25) is 0 Å². The monoisotopic (exact) mass is 512 g/mol. The standard InChI is InChI=1S/C32H26F2O4/c1-19-13-14-23(33)17-26(19)28-25-16-15-24(34)18-27(25)20(2)29(37-31(35)21-9-5-3-6-10-21)30(28)38-32(36)22-11-7-4-8-12-22/h3-18,20,28-30H,1-2H3/t20?,28-,29?,30?/m1/s1. The van der Waals surface area contributed by atoms with Crippen LogP contribution in [-0.4, -0.2) is 24.1 Å². The first-order valence-electron chi connectivity index (χ1n) is 12.4. The first-order chi connectivity index (χ1) is 18.3. The largest absolute Gasteiger partial charge is 0.454 e. The molecule has 0 aliphatic heterocycles. The lowest BCUT2D eigenvalue weighted by Gasteiger charge is -2.42. The van der Waals surface area contributed by atoms with Gasteiger partial charge < -0.3 is 9.47 Å². The molecule has 4 aromatic carbocycles. The number of hydrogen-bond acceptors (Lipinski definition) is 4. The Balaban J connectivity index is 1.66. The molecule has 192 valence electrons. The van der Waals surface area contributed by atoms with Crippen LogP contribution in [-0.2, 0) is 9.47 Å². The second-order valence-corrected chi connectivity index (χ2v) is 9.51. The fraction of sp³-hybridized carbons (Fsp3) is 0.188. The van der Waals surface area contributed by atoms with E-state index in [4.69, 9.17) is 9.47 Å². The number of benzene rings is 4. The molecule has 0 saturated carbocycles. The topological polar surface area (TPSA) is 52.6 Å². The van der Waals surface area contributed by atoms with E-state index >= 15 is 0 Å². The van der Waals surface area contributed by atoms with E-state index in [1.54, 1.807) is 79.7 Å².